The summed E-state index contributed by atoms with van der Waals surface area (Å²) < 4.78 is 0. The number of rotatable bonds is 6. The van der Waals surface area contributed by atoms with Gasteiger partial charge in [0.2, 0.25) is 5.91 Å². The zero-order valence-corrected chi connectivity index (χ0v) is 12.3. The van der Waals surface area contributed by atoms with Gasteiger partial charge < -0.3 is 10.6 Å². The maximum absolute atomic E-state index is 11.9. The molecule has 1 rings (SSSR count). The van der Waals surface area contributed by atoms with Crippen LogP contribution in [0.15, 0.2) is 0 Å². The molecule has 2 N–H and O–H groups in total. The Hall–Kier alpha value is -0.610. The Kier molecular flexibility index (Phi) is 6.65. The van der Waals surface area contributed by atoms with Crippen LogP contribution >= 0.6 is 0 Å². The van der Waals surface area contributed by atoms with Crippen molar-refractivity contribution in [3.8, 4) is 0 Å². The lowest BCUT2D eigenvalue weighted by Crippen LogP contribution is -2.49. The topological polar surface area (TPSA) is 44.4 Å². The molecule has 1 amide bonds. The summed E-state index contributed by atoms with van der Waals surface area (Å²) in [7, 11) is 4.12. The molecule has 0 aliphatic heterocycles. The Morgan fingerprint density at radius 1 is 1.33 bits per heavy atom. The van der Waals surface area contributed by atoms with Gasteiger partial charge in [-0.05, 0) is 53.1 Å². The summed E-state index contributed by atoms with van der Waals surface area (Å²) in [6, 6.07) is 1.20. The first kappa shape index (κ1) is 15.4. The van der Waals surface area contributed by atoms with Crippen LogP contribution in [0.1, 0.15) is 46.0 Å². The van der Waals surface area contributed by atoms with E-state index in [1.807, 2.05) is 14.0 Å². The van der Waals surface area contributed by atoms with Crippen molar-refractivity contribution in [3.63, 3.8) is 0 Å². The number of nitrogens with zero attached hydrogens (tertiary/aromatic N) is 1. The number of hydrogen-bond acceptors (Lipinski definition) is 3. The van der Waals surface area contributed by atoms with Gasteiger partial charge in [0.25, 0.3) is 0 Å². The molecule has 1 aliphatic rings. The highest BCUT2D eigenvalue weighted by molar-refractivity contribution is 5.81. The molecule has 1 saturated carbocycles. The maximum Gasteiger partial charge on any atom is 0.237 e. The molecule has 1 aliphatic carbocycles. The van der Waals surface area contributed by atoms with Crippen LogP contribution in [0.5, 0.6) is 0 Å². The fourth-order valence-electron chi connectivity index (χ4n) is 2.67. The predicted octanol–water partition coefficient (Wildman–Crippen LogP) is 1.36. The Labute approximate surface area is 111 Å². The summed E-state index contributed by atoms with van der Waals surface area (Å²) >= 11 is 0. The van der Waals surface area contributed by atoms with E-state index in [9.17, 15) is 4.79 Å². The third kappa shape index (κ3) is 4.25. The minimum absolute atomic E-state index is 0.0207. The molecule has 1 unspecified atom stereocenters. The van der Waals surface area contributed by atoms with Crippen molar-refractivity contribution < 1.29 is 4.79 Å². The largest absolute Gasteiger partial charge is 0.355 e. The molecule has 0 heterocycles. The molecule has 0 aromatic rings. The minimum atomic E-state index is -0.0207. The second-order valence-electron chi connectivity index (χ2n) is 5.43. The number of amides is 1. The van der Waals surface area contributed by atoms with Gasteiger partial charge in [-0.2, -0.15) is 0 Å². The molecule has 0 spiro atoms. The molecule has 1 atom stereocenters. The Balaban J connectivity index is 2.39. The average Bonchev–Trinajstić information content (AvgIpc) is 2.43. The van der Waals surface area contributed by atoms with Crippen LogP contribution in [-0.4, -0.2) is 49.6 Å². The number of carbonyl (C=O) groups is 1. The van der Waals surface area contributed by atoms with E-state index >= 15 is 0 Å². The smallest absolute Gasteiger partial charge is 0.237 e. The van der Waals surface area contributed by atoms with Crippen molar-refractivity contribution in [1.82, 2.24) is 15.5 Å². The van der Waals surface area contributed by atoms with E-state index in [0.29, 0.717) is 12.1 Å². The van der Waals surface area contributed by atoms with Gasteiger partial charge in [0, 0.05) is 18.6 Å². The molecule has 0 saturated heterocycles. The first-order valence-electron chi connectivity index (χ1n) is 7.27. The Bertz CT molecular complexity index is 249. The predicted molar refractivity (Wildman–Crippen MR) is 75.6 cm³/mol. The maximum atomic E-state index is 11.9. The van der Waals surface area contributed by atoms with Crippen molar-refractivity contribution in [3.05, 3.63) is 0 Å². The fraction of sp³-hybridized carbons (Fsp3) is 0.929. The number of nitrogens with one attached hydrogen (secondary N) is 2. The zero-order chi connectivity index (χ0) is 13.5. The summed E-state index contributed by atoms with van der Waals surface area (Å²) in [4.78, 5) is 14.2. The fourth-order valence-corrected chi connectivity index (χ4v) is 2.67. The second kappa shape index (κ2) is 7.74. The second-order valence-corrected chi connectivity index (χ2v) is 5.43. The van der Waals surface area contributed by atoms with Gasteiger partial charge >= 0.3 is 0 Å². The lowest BCUT2D eigenvalue weighted by molar-refractivity contribution is -0.126. The van der Waals surface area contributed by atoms with E-state index in [4.69, 9.17) is 0 Å². The van der Waals surface area contributed by atoms with Crippen LogP contribution in [0, 0.1) is 0 Å². The minimum Gasteiger partial charge on any atom is -0.355 e. The Morgan fingerprint density at radius 2 is 1.94 bits per heavy atom. The lowest BCUT2D eigenvalue weighted by atomic mass is 9.90. The molecule has 1 fully saturated rings. The van der Waals surface area contributed by atoms with E-state index in [-0.39, 0.29) is 11.9 Å². The molecule has 18 heavy (non-hydrogen) atoms. The highest BCUT2D eigenvalue weighted by Crippen LogP contribution is 2.23. The van der Waals surface area contributed by atoms with Crippen molar-refractivity contribution in [2.24, 2.45) is 0 Å². The zero-order valence-electron chi connectivity index (χ0n) is 12.3. The molecule has 0 aromatic carbocycles. The third-order valence-electron chi connectivity index (χ3n) is 4.22. The van der Waals surface area contributed by atoms with E-state index in [0.717, 1.165) is 13.0 Å². The van der Waals surface area contributed by atoms with Crippen molar-refractivity contribution in [2.75, 3.05) is 20.6 Å². The van der Waals surface area contributed by atoms with Gasteiger partial charge in [-0.3, -0.25) is 9.69 Å². The quantitative estimate of drug-likeness (QED) is 0.753. The summed E-state index contributed by atoms with van der Waals surface area (Å²) in [6.45, 7) is 4.87. The van der Waals surface area contributed by atoms with Crippen LogP contribution < -0.4 is 10.6 Å². The van der Waals surface area contributed by atoms with E-state index in [1.54, 1.807) is 0 Å². The third-order valence-corrected chi connectivity index (χ3v) is 4.22. The first-order chi connectivity index (χ1) is 8.60. The molecule has 4 nitrogen and oxygen atoms in total. The summed E-state index contributed by atoms with van der Waals surface area (Å²) in [6.07, 6.45) is 5.81. The van der Waals surface area contributed by atoms with E-state index in [1.165, 1.54) is 25.7 Å². The van der Waals surface area contributed by atoms with Gasteiger partial charge in [-0.1, -0.05) is 6.92 Å². The number of likely N-dealkylation sites (N-methyl/N-ethyl adjacent to an activating group) is 1. The molecule has 106 valence electrons. The molecular weight excluding hydrogens is 226 g/mol. The first-order valence-corrected chi connectivity index (χ1v) is 7.27. The molecule has 4 heteroatoms. The summed E-state index contributed by atoms with van der Waals surface area (Å²) in [5.41, 5.74) is 0. The van der Waals surface area contributed by atoms with Crippen molar-refractivity contribution in [1.29, 1.82) is 0 Å². The summed E-state index contributed by atoms with van der Waals surface area (Å²) in [5.74, 6) is 0.162. The number of hydrogen-bond donors (Lipinski definition) is 2. The average molecular weight is 255 g/mol. The molecule has 0 bridgehead atoms. The molecular formula is C14H29N3O. The molecule has 0 radical (unpaired) electrons. The lowest BCUT2D eigenvalue weighted by Gasteiger charge is -2.37. The Morgan fingerprint density at radius 3 is 2.44 bits per heavy atom. The van der Waals surface area contributed by atoms with Crippen LogP contribution in [0.25, 0.3) is 0 Å². The SMILES string of the molecule is CCCNC(=O)C(C)N(C)C1CCC(NC)CC1. The van der Waals surface area contributed by atoms with E-state index < -0.39 is 0 Å². The van der Waals surface area contributed by atoms with Crippen LogP contribution in [0.3, 0.4) is 0 Å². The highest BCUT2D eigenvalue weighted by Gasteiger charge is 2.28. The monoisotopic (exact) mass is 255 g/mol. The number of carbonyl (C=O) groups excluding carboxylic acids is 1. The molecule has 0 aromatic heterocycles. The standard InChI is InChI=1S/C14H29N3O/c1-5-10-16-14(18)11(2)17(4)13-8-6-12(15-3)7-9-13/h11-13,15H,5-10H2,1-4H3,(H,16,18). The van der Waals surface area contributed by atoms with E-state index in [2.05, 4.69) is 29.5 Å². The van der Waals surface area contributed by atoms with Crippen molar-refractivity contribution >= 4 is 5.91 Å². The van der Waals surface area contributed by atoms with Crippen LogP contribution in [0.4, 0.5) is 0 Å². The van der Waals surface area contributed by atoms with Gasteiger partial charge in [0.15, 0.2) is 0 Å². The van der Waals surface area contributed by atoms with Gasteiger partial charge in [0.1, 0.15) is 0 Å². The van der Waals surface area contributed by atoms with Gasteiger partial charge in [0.05, 0.1) is 6.04 Å². The van der Waals surface area contributed by atoms with Gasteiger partial charge in [-0.15, -0.1) is 0 Å². The van der Waals surface area contributed by atoms with Crippen LogP contribution in [0.2, 0.25) is 0 Å². The van der Waals surface area contributed by atoms with Crippen LogP contribution in [-0.2, 0) is 4.79 Å². The van der Waals surface area contributed by atoms with Crippen molar-refractivity contribution in [2.45, 2.75) is 64.1 Å². The normalized spacial score (nSPS) is 26.1. The van der Waals surface area contributed by atoms with Gasteiger partial charge in [-0.25, -0.2) is 0 Å². The summed E-state index contributed by atoms with van der Waals surface area (Å²) in [5, 5.41) is 6.32. The highest BCUT2D eigenvalue weighted by atomic mass is 16.2.